The molecule has 0 bridgehead atoms. The maximum Gasteiger partial charge on any atom is 0.305 e. The van der Waals surface area contributed by atoms with E-state index in [2.05, 4.69) is 4.98 Å². The van der Waals surface area contributed by atoms with Gasteiger partial charge in [0.15, 0.2) is 0 Å². The second-order valence-corrected chi connectivity index (χ2v) is 4.81. The van der Waals surface area contributed by atoms with Gasteiger partial charge in [-0.3, -0.25) is 14.7 Å². The normalized spacial score (nSPS) is 19.9. The monoisotopic (exact) mass is 268 g/mol. The first-order valence-electron chi connectivity index (χ1n) is 6.19. The van der Waals surface area contributed by atoms with E-state index >= 15 is 0 Å². The van der Waals surface area contributed by atoms with E-state index in [0.717, 1.165) is 6.20 Å². The van der Waals surface area contributed by atoms with E-state index in [1.807, 2.05) is 11.8 Å². The van der Waals surface area contributed by atoms with Crippen LogP contribution in [0.5, 0.6) is 0 Å². The molecular formula is C13H17FN2O3. The van der Waals surface area contributed by atoms with Crippen molar-refractivity contribution < 1.29 is 19.0 Å². The molecule has 1 aromatic heterocycles. The maximum atomic E-state index is 13.0. The van der Waals surface area contributed by atoms with Gasteiger partial charge in [-0.15, -0.1) is 0 Å². The fourth-order valence-electron chi connectivity index (χ4n) is 2.41. The van der Waals surface area contributed by atoms with E-state index < -0.39 is 17.3 Å². The summed E-state index contributed by atoms with van der Waals surface area (Å²) in [5.41, 5.74) is -0.179. The van der Waals surface area contributed by atoms with E-state index in [0.29, 0.717) is 32.0 Å². The first-order valence-corrected chi connectivity index (χ1v) is 6.19. The zero-order chi connectivity index (χ0) is 13.9. The van der Waals surface area contributed by atoms with Crippen LogP contribution in [0.15, 0.2) is 18.3 Å². The summed E-state index contributed by atoms with van der Waals surface area (Å²) >= 11 is 0. The number of ether oxygens (including phenoxy) is 1. The summed E-state index contributed by atoms with van der Waals surface area (Å²) in [6, 6.07) is 2.86. The van der Waals surface area contributed by atoms with Crippen molar-refractivity contribution in [3.05, 3.63) is 29.8 Å². The third kappa shape index (κ3) is 3.08. The first kappa shape index (κ1) is 13.9. The average Bonchev–Trinajstić information content (AvgIpc) is 2.39. The minimum atomic E-state index is -0.903. The number of aliphatic carboxylic acids is 1. The van der Waals surface area contributed by atoms with Gasteiger partial charge in [-0.05, 0) is 19.1 Å². The maximum absolute atomic E-state index is 13.0. The van der Waals surface area contributed by atoms with Crippen LogP contribution in [-0.4, -0.2) is 47.3 Å². The van der Waals surface area contributed by atoms with Crippen molar-refractivity contribution in [2.45, 2.75) is 18.9 Å². The molecule has 2 heterocycles. The molecule has 104 valence electrons. The van der Waals surface area contributed by atoms with Gasteiger partial charge >= 0.3 is 5.97 Å². The van der Waals surface area contributed by atoms with Gasteiger partial charge in [-0.2, -0.15) is 0 Å². The van der Waals surface area contributed by atoms with E-state index in [1.54, 1.807) is 6.07 Å². The van der Waals surface area contributed by atoms with Crippen LogP contribution in [0.1, 0.15) is 19.0 Å². The third-order valence-electron chi connectivity index (χ3n) is 3.48. The Morgan fingerprint density at radius 1 is 1.53 bits per heavy atom. The van der Waals surface area contributed by atoms with Crippen LogP contribution in [0.25, 0.3) is 0 Å². The third-order valence-corrected chi connectivity index (χ3v) is 3.48. The van der Waals surface area contributed by atoms with Crippen LogP contribution in [0.2, 0.25) is 0 Å². The number of nitrogens with zero attached hydrogens (tertiary/aromatic N) is 2. The number of carboxylic acid groups (broad SMARTS) is 1. The molecule has 0 aliphatic carbocycles. The van der Waals surface area contributed by atoms with Crippen LogP contribution < -0.4 is 0 Å². The number of aromatic nitrogens is 1. The average molecular weight is 268 g/mol. The summed E-state index contributed by atoms with van der Waals surface area (Å²) in [5, 5.41) is 9.14. The van der Waals surface area contributed by atoms with E-state index in [-0.39, 0.29) is 6.42 Å². The topological polar surface area (TPSA) is 62.7 Å². The Bertz CT molecular complexity index is 446. The van der Waals surface area contributed by atoms with Crippen LogP contribution in [0.4, 0.5) is 4.39 Å². The second-order valence-electron chi connectivity index (χ2n) is 4.81. The summed E-state index contributed by atoms with van der Waals surface area (Å²) in [4.78, 5) is 17.2. The molecule has 1 aliphatic rings. The molecule has 0 radical (unpaired) electrons. The number of halogens is 1. The highest BCUT2D eigenvalue weighted by Gasteiger charge is 2.38. The Hall–Kier alpha value is -1.53. The first-order chi connectivity index (χ1) is 9.02. The van der Waals surface area contributed by atoms with Gasteiger partial charge in [0.25, 0.3) is 0 Å². The van der Waals surface area contributed by atoms with Gasteiger partial charge in [0.1, 0.15) is 5.82 Å². The molecule has 1 aromatic rings. The lowest BCUT2D eigenvalue weighted by Crippen LogP contribution is -2.51. The number of hydrogen-bond donors (Lipinski definition) is 1. The van der Waals surface area contributed by atoms with Crippen molar-refractivity contribution in [3.8, 4) is 0 Å². The molecule has 5 nitrogen and oxygen atoms in total. The van der Waals surface area contributed by atoms with Gasteiger partial charge in [0.2, 0.25) is 0 Å². The standard InChI is InChI=1S/C13H17FN2O3/c1-13(8-12(17)18,16-4-6-19-7-5-16)11-3-2-10(14)9-15-11/h2-3,9H,4-8H2,1H3,(H,17,18). The highest BCUT2D eigenvalue weighted by molar-refractivity contribution is 5.68. The number of carboxylic acids is 1. The Morgan fingerprint density at radius 3 is 2.74 bits per heavy atom. The van der Waals surface area contributed by atoms with E-state index in [4.69, 9.17) is 9.84 Å². The molecule has 0 amide bonds. The van der Waals surface area contributed by atoms with Gasteiger partial charge in [-0.1, -0.05) is 0 Å². The van der Waals surface area contributed by atoms with Crippen molar-refractivity contribution in [1.82, 2.24) is 9.88 Å². The van der Waals surface area contributed by atoms with Gasteiger partial charge in [0, 0.05) is 13.1 Å². The quantitative estimate of drug-likeness (QED) is 0.890. The van der Waals surface area contributed by atoms with Crippen LogP contribution >= 0.6 is 0 Å². The Balaban J connectivity index is 2.32. The molecule has 1 atom stereocenters. The molecule has 1 N–H and O–H groups in total. The van der Waals surface area contributed by atoms with Crippen molar-refractivity contribution >= 4 is 5.97 Å². The second kappa shape index (κ2) is 5.63. The zero-order valence-electron chi connectivity index (χ0n) is 10.8. The summed E-state index contributed by atoms with van der Waals surface area (Å²) in [6.07, 6.45) is 1.04. The fraction of sp³-hybridized carbons (Fsp3) is 0.538. The van der Waals surface area contributed by atoms with Crippen molar-refractivity contribution in [2.24, 2.45) is 0 Å². The smallest absolute Gasteiger partial charge is 0.305 e. The summed E-state index contributed by atoms with van der Waals surface area (Å²) < 4.78 is 18.3. The molecule has 1 fully saturated rings. The van der Waals surface area contributed by atoms with Crippen LogP contribution in [0, 0.1) is 5.82 Å². The lowest BCUT2D eigenvalue weighted by atomic mass is 9.90. The molecular weight excluding hydrogens is 251 g/mol. The zero-order valence-corrected chi connectivity index (χ0v) is 10.8. The highest BCUT2D eigenvalue weighted by atomic mass is 19.1. The SMILES string of the molecule is CC(CC(=O)O)(c1ccc(F)cn1)N1CCOCC1. The summed E-state index contributed by atoms with van der Waals surface area (Å²) in [5.74, 6) is -1.33. The number of carbonyl (C=O) groups is 1. The Kier molecular flexibility index (Phi) is 4.11. The predicted octanol–water partition coefficient (Wildman–Crippen LogP) is 1.24. The molecule has 0 aromatic carbocycles. The minimum Gasteiger partial charge on any atom is -0.481 e. The lowest BCUT2D eigenvalue weighted by molar-refractivity contribution is -0.141. The minimum absolute atomic E-state index is 0.0777. The molecule has 1 saturated heterocycles. The fourth-order valence-corrected chi connectivity index (χ4v) is 2.41. The number of morpholine rings is 1. The van der Waals surface area contributed by atoms with E-state index in [1.165, 1.54) is 6.07 Å². The highest BCUT2D eigenvalue weighted by Crippen LogP contribution is 2.31. The number of rotatable bonds is 4. The van der Waals surface area contributed by atoms with Crippen molar-refractivity contribution in [1.29, 1.82) is 0 Å². The van der Waals surface area contributed by atoms with Crippen molar-refractivity contribution in [3.63, 3.8) is 0 Å². The summed E-state index contributed by atoms with van der Waals surface area (Å²) in [6.45, 7) is 4.24. The molecule has 1 aliphatic heterocycles. The molecule has 2 rings (SSSR count). The lowest BCUT2D eigenvalue weighted by Gasteiger charge is -2.42. The molecule has 19 heavy (non-hydrogen) atoms. The Labute approximate surface area is 111 Å². The van der Waals surface area contributed by atoms with Crippen LogP contribution in [-0.2, 0) is 15.1 Å². The van der Waals surface area contributed by atoms with Gasteiger partial charge < -0.3 is 9.84 Å². The Morgan fingerprint density at radius 2 is 2.21 bits per heavy atom. The number of hydrogen-bond acceptors (Lipinski definition) is 4. The van der Waals surface area contributed by atoms with E-state index in [9.17, 15) is 9.18 Å². The summed E-state index contributed by atoms with van der Waals surface area (Å²) in [7, 11) is 0. The number of pyridine rings is 1. The predicted molar refractivity (Wildman–Crippen MR) is 66.2 cm³/mol. The van der Waals surface area contributed by atoms with Crippen molar-refractivity contribution in [2.75, 3.05) is 26.3 Å². The molecule has 6 heteroatoms. The molecule has 1 unspecified atom stereocenters. The van der Waals surface area contributed by atoms with Gasteiger partial charge in [0.05, 0.1) is 37.1 Å². The molecule has 0 saturated carbocycles. The molecule has 0 spiro atoms. The van der Waals surface area contributed by atoms with Gasteiger partial charge in [-0.25, -0.2) is 4.39 Å². The van der Waals surface area contributed by atoms with Crippen LogP contribution in [0.3, 0.4) is 0 Å². The largest absolute Gasteiger partial charge is 0.481 e.